The van der Waals surface area contributed by atoms with Gasteiger partial charge in [0, 0.05) is 32.5 Å². The van der Waals surface area contributed by atoms with Gasteiger partial charge in [0.1, 0.15) is 5.54 Å². The molecule has 92 valence electrons. The highest BCUT2D eigenvalue weighted by Gasteiger charge is 2.41. The average molecular weight is 229 g/mol. The monoisotopic (exact) mass is 229 g/mol. The van der Waals surface area contributed by atoms with Gasteiger partial charge in [0.2, 0.25) is 0 Å². The van der Waals surface area contributed by atoms with Crippen molar-refractivity contribution in [2.75, 3.05) is 26.4 Å². The summed E-state index contributed by atoms with van der Waals surface area (Å²) in [6.07, 6.45) is 2.91. The van der Waals surface area contributed by atoms with Gasteiger partial charge in [-0.1, -0.05) is 0 Å². The Morgan fingerprint density at radius 2 is 1.69 bits per heavy atom. The van der Waals surface area contributed by atoms with Crippen LogP contribution >= 0.6 is 0 Å². The molecule has 0 spiro atoms. The van der Waals surface area contributed by atoms with Crippen LogP contribution in [-0.4, -0.2) is 49.1 Å². The van der Waals surface area contributed by atoms with Crippen molar-refractivity contribution >= 4 is 5.97 Å². The maximum absolute atomic E-state index is 11.4. The lowest BCUT2D eigenvalue weighted by molar-refractivity contribution is -0.150. The van der Waals surface area contributed by atoms with Gasteiger partial charge in [-0.25, -0.2) is 0 Å². The van der Waals surface area contributed by atoms with Crippen molar-refractivity contribution in [3.8, 4) is 0 Å². The molecule has 0 aromatic heterocycles. The van der Waals surface area contributed by atoms with Crippen LogP contribution in [0, 0.1) is 0 Å². The number of ether oxygens (including phenoxy) is 2. The Morgan fingerprint density at radius 3 is 2.25 bits per heavy atom. The molecule has 0 bridgehead atoms. The third kappa shape index (κ3) is 2.53. The fraction of sp³-hybridized carbons (Fsp3) is 0.909. The molecule has 2 N–H and O–H groups in total. The van der Waals surface area contributed by atoms with Crippen LogP contribution in [0.4, 0.5) is 0 Å². The lowest BCUT2D eigenvalue weighted by Crippen LogP contribution is -2.59. The summed E-state index contributed by atoms with van der Waals surface area (Å²) < 4.78 is 10.5. The molecule has 2 fully saturated rings. The summed E-state index contributed by atoms with van der Waals surface area (Å²) in [4.78, 5) is 11.4. The van der Waals surface area contributed by atoms with Crippen molar-refractivity contribution in [3.05, 3.63) is 0 Å². The highest BCUT2D eigenvalue weighted by atomic mass is 16.5. The molecule has 2 rings (SSSR count). The van der Waals surface area contributed by atoms with Crippen molar-refractivity contribution in [1.29, 1.82) is 0 Å². The minimum absolute atomic E-state index is 0.267. The van der Waals surface area contributed by atoms with Gasteiger partial charge in [0.15, 0.2) is 0 Å². The van der Waals surface area contributed by atoms with Gasteiger partial charge in [-0.3, -0.25) is 10.1 Å². The first-order valence-electron chi connectivity index (χ1n) is 5.89. The van der Waals surface area contributed by atoms with Gasteiger partial charge in [0.25, 0.3) is 0 Å². The summed E-state index contributed by atoms with van der Waals surface area (Å²) in [5.74, 6) is -0.748. The lowest BCUT2D eigenvalue weighted by atomic mass is 9.88. The number of aliphatic carboxylic acids is 1. The zero-order chi connectivity index (χ0) is 11.4. The van der Waals surface area contributed by atoms with Gasteiger partial charge in [-0.15, -0.1) is 0 Å². The van der Waals surface area contributed by atoms with Gasteiger partial charge < -0.3 is 14.6 Å². The van der Waals surface area contributed by atoms with E-state index in [2.05, 4.69) is 5.32 Å². The van der Waals surface area contributed by atoms with Crippen LogP contribution in [0.1, 0.15) is 25.7 Å². The first kappa shape index (κ1) is 11.8. The van der Waals surface area contributed by atoms with Crippen molar-refractivity contribution < 1.29 is 19.4 Å². The molecule has 2 aliphatic rings. The van der Waals surface area contributed by atoms with Crippen LogP contribution in [0.2, 0.25) is 0 Å². The van der Waals surface area contributed by atoms with E-state index in [9.17, 15) is 9.90 Å². The van der Waals surface area contributed by atoms with E-state index in [1.807, 2.05) is 0 Å². The molecule has 0 aromatic rings. The van der Waals surface area contributed by atoms with Crippen LogP contribution in [-0.2, 0) is 14.3 Å². The van der Waals surface area contributed by atoms with Gasteiger partial charge in [-0.05, 0) is 25.7 Å². The number of carboxylic acid groups (broad SMARTS) is 1. The topological polar surface area (TPSA) is 67.8 Å². The lowest BCUT2D eigenvalue weighted by Gasteiger charge is -2.38. The molecule has 0 radical (unpaired) electrons. The first-order valence-corrected chi connectivity index (χ1v) is 5.89. The second-order valence-electron chi connectivity index (χ2n) is 4.53. The largest absolute Gasteiger partial charge is 0.480 e. The highest BCUT2D eigenvalue weighted by molar-refractivity contribution is 5.79. The highest BCUT2D eigenvalue weighted by Crippen LogP contribution is 2.23. The van der Waals surface area contributed by atoms with E-state index in [0.717, 1.165) is 26.1 Å². The number of nitrogens with one attached hydrogen (secondary N) is 1. The molecule has 2 aliphatic heterocycles. The summed E-state index contributed by atoms with van der Waals surface area (Å²) in [6.45, 7) is 2.51. The molecule has 2 heterocycles. The Balaban J connectivity index is 1.98. The minimum Gasteiger partial charge on any atom is -0.480 e. The van der Waals surface area contributed by atoms with E-state index < -0.39 is 11.5 Å². The Labute approximate surface area is 95.1 Å². The van der Waals surface area contributed by atoms with Crippen LogP contribution in [0.5, 0.6) is 0 Å². The Morgan fingerprint density at radius 1 is 1.12 bits per heavy atom. The summed E-state index contributed by atoms with van der Waals surface area (Å²) >= 11 is 0. The van der Waals surface area contributed by atoms with E-state index in [1.54, 1.807) is 0 Å². The maximum atomic E-state index is 11.4. The number of hydrogen-bond donors (Lipinski definition) is 2. The number of rotatable bonds is 3. The molecule has 0 atom stereocenters. The number of carboxylic acids is 1. The van der Waals surface area contributed by atoms with E-state index in [0.29, 0.717) is 26.1 Å². The van der Waals surface area contributed by atoms with Gasteiger partial charge in [-0.2, -0.15) is 0 Å². The molecular formula is C11H19NO4. The third-order valence-electron chi connectivity index (χ3n) is 3.46. The van der Waals surface area contributed by atoms with Crippen LogP contribution < -0.4 is 5.32 Å². The van der Waals surface area contributed by atoms with Crippen LogP contribution in [0.15, 0.2) is 0 Å². The van der Waals surface area contributed by atoms with E-state index in [1.165, 1.54) is 0 Å². The summed E-state index contributed by atoms with van der Waals surface area (Å²) in [7, 11) is 0. The second kappa shape index (κ2) is 5.12. The molecule has 0 saturated carbocycles. The Hall–Kier alpha value is -0.650. The third-order valence-corrected chi connectivity index (χ3v) is 3.46. The fourth-order valence-electron chi connectivity index (χ4n) is 2.37. The fourth-order valence-corrected chi connectivity index (χ4v) is 2.37. The standard InChI is InChI=1S/C11H19NO4/c13-10(14)11(3-7-16-8-4-11)12-9-1-5-15-6-2-9/h9,12H,1-8H2,(H,13,14). The Bertz CT molecular complexity index is 244. The zero-order valence-electron chi connectivity index (χ0n) is 9.41. The van der Waals surface area contributed by atoms with Gasteiger partial charge in [0.05, 0.1) is 0 Å². The van der Waals surface area contributed by atoms with Crippen molar-refractivity contribution in [3.63, 3.8) is 0 Å². The quantitative estimate of drug-likeness (QED) is 0.732. The van der Waals surface area contributed by atoms with E-state index in [4.69, 9.17) is 9.47 Å². The summed E-state index contributed by atoms with van der Waals surface area (Å²) in [6, 6.07) is 0.267. The average Bonchev–Trinajstić information content (AvgIpc) is 2.31. The normalized spacial score (nSPS) is 26.5. The molecular weight excluding hydrogens is 210 g/mol. The van der Waals surface area contributed by atoms with Crippen LogP contribution in [0.25, 0.3) is 0 Å². The zero-order valence-corrected chi connectivity index (χ0v) is 9.41. The molecule has 0 aliphatic carbocycles. The number of hydrogen-bond acceptors (Lipinski definition) is 4. The Kier molecular flexibility index (Phi) is 3.78. The summed E-state index contributed by atoms with van der Waals surface area (Å²) in [5.41, 5.74) is -0.778. The van der Waals surface area contributed by atoms with Crippen molar-refractivity contribution in [2.45, 2.75) is 37.3 Å². The first-order chi connectivity index (χ1) is 7.73. The van der Waals surface area contributed by atoms with Crippen molar-refractivity contribution in [2.24, 2.45) is 0 Å². The molecule has 0 aromatic carbocycles. The number of carbonyl (C=O) groups is 1. The molecule has 5 nitrogen and oxygen atoms in total. The second-order valence-corrected chi connectivity index (χ2v) is 4.53. The van der Waals surface area contributed by atoms with Crippen molar-refractivity contribution in [1.82, 2.24) is 5.32 Å². The van der Waals surface area contributed by atoms with E-state index in [-0.39, 0.29) is 6.04 Å². The van der Waals surface area contributed by atoms with Gasteiger partial charge >= 0.3 is 5.97 Å². The van der Waals surface area contributed by atoms with Crippen LogP contribution in [0.3, 0.4) is 0 Å². The maximum Gasteiger partial charge on any atom is 0.324 e. The smallest absolute Gasteiger partial charge is 0.324 e. The SMILES string of the molecule is O=C(O)C1(NC2CCOCC2)CCOCC1. The van der Waals surface area contributed by atoms with E-state index >= 15 is 0 Å². The molecule has 16 heavy (non-hydrogen) atoms. The summed E-state index contributed by atoms with van der Waals surface area (Å²) in [5, 5.41) is 12.7. The molecule has 5 heteroatoms. The predicted molar refractivity (Wildman–Crippen MR) is 57.4 cm³/mol. The molecule has 0 unspecified atom stereocenters. The predicted octanol–water partition coefficient (Wildman–Crippen LogP) is 0.389. The molecule has 2 saturated heterocycles. The molecule has 0 amide bonds. The minimum atomic E-state index is -0.778.